The van der Waals surface area contributed by atoms with Gasteiger partial charge in [0.15, 0.2) is 0 Å². The molecule has 0 aromatic carbocycles. The maximum atomic E-state index is 12.8. The predicted molar refractivity (Wildman–Crippen MR) is 96.8 cm³/mol. The molecule has 1 rings (SSSR count). The van der Waals surface area contributed by atoms with Crippen LogP contribution in [0.1, 0.15) is 53.4 Å². The van der Waals surface area contributed by atoms with Crippen LogP contribution in [0.3, 0.4) is 0 Å². The zero-order valence-corrected chi connectivity index (χ0v) is 16.6. The fraction of sp³-hybridized carbons (Fsp3) is 0.889. The molecule has 4 nitrogen and oxygen atoms in total. The molecule has 0 N–H and O–H groups in total. The highest BCUT2D eigenvalue weighted by molar-refractivity contribution is 7.98. The van der Waals surface area contributed by atoms with E-state index >= 15 is 0 Å². The molecule has 1 atom stereocenters. The maximum Gasteiger partial charge on any atom is 0.309 e. The summed E-state index contributed by atoms with van der Waals surface area (Å²) in [6, 6.07) is 0. The van der Waals surface area contributed by atoms with Gasteiger partial charge < -0.3 is 4.74 Å². The zero-order valence-electron chi connectivity index (χ0n) is 15.8. The largest absolute Gasteiger partial charge is 0.469 e. The molecule has 1 unspecified atom stereocenters. The summed E-state index contributed by atoms with van der Waals surface area (Å²) in [6.07, 6.45) is 4.73. The van der Waals surface area contributed by atoms with E-state index in [1.54, 1.807) is 11.8 Å². The molecule has 0 bridgehead atoms. The lowest BCUT2D eigenvalue weighted by Gasteiger charge is -2.53. The molecule has 0 saturated carbocycles. The second kappa shape index (κ2) is 8.02. The molecular formula is C18H33NO3S. The molecule has 1 saturated heterocycles. The lowest BCUT2D eigenvalue weighted by atomic mass is 9.71. The number of rotatable bonds is 7. The van der Waals surface area contributed by atoms with E-state index in [9.17, 15) is 9.59 Å². The second-order valence-electron chi connectivity index (χ2n) is 7.96. The van der Waals surface area contributed by atoms with Crippen LogP contribution in [0, 0.1) is 11.8 Å². The van der Waals surface area contributed by atoms with Crippen molar-refractivity contribution < 1.29 is 14.3 Å². The summed E-state index contributed by atoms with van der Waals surface area (Å²) < 4.78 is 4.89. The van der Waals surface area contributed by atoms with Gasteiger partial charge in [-0.05, 0) is 66.0 Å². The Balaban J connectivity index is 2.81. The number of piperidine rings is 1. The number of ketones is 1. The SMILES string of the molecule is COC(=O)C(CCSC)CC(=O)C1CC(C)(C)N(C)C(C)(C)C1. The van der Waals surface area contributed by atoms with Gasteiger partial charge in [0.1, 0.15) is 5.78 Å². The van der Waals surface area contributed by atoms with Gasteiger partial charge in [-0.2, -0.15) is 11.8 Å². The highest BCUT2D eigenvalue weighted by Gasteiger charge is 2.45. The summed E-state index contributed by atoms with van der Waals surface area (Å²) in [6.45, 7) is 8.78. The minimum Gasteiger partial charge on any atom is -0.469 e. The average Bonchev–Trinajstić information content (AvgIpc) is 2.47. The van der Waals surface area contributed by atoms with Crippen molar-refractivity contribution in [3.05, 3.63) is 0 Å². The normalized spacial score (nSPS) is 22.6. The van der Waals surface area contributed by atoms with Crippen molar-refractivity contribution in [2.45, 2.75) is 64.5 Å². The van der Waals surface area contributed by atoms with Crippen molar-refractivity contribution >= 4 is 23.5 Å². The second-order valence-corrected chi connectivity index (χ2v) is 8.95. The van der Waals surface area contributed by atoms with Crippen molar-refractivity contribution in [2.24, 2.45) is 11.8 Å². The van der Waals surface area contributed by atoms with E-state index in [4.69, 9.17) is 4.74 Å². The van der Waals surface area contributed by atoms with E-state index in [1.165, 1.54) is 7.11 Å². The Morgan fingerprint density at radius 1 is 1.22 bits per heavy atom. The molecule has 0 aromatic heterocycles. The first kappa shape index (κ1) is 20.5. The Hall–Kier alpha value is -0.550. The van der Waals surface area contributed by atoms with Gasteiger partial charge in [-0.3, -0.25) is 14.5 Å². The highest BCUT2D eigenvalue weighted by Crippen LogP contribution is 2.41. The van der Waals surface area contributed by atoms with Crippen LogP contribution in [0.15, 0.2) is 0 Å². The van der Waals surface area contributed by atoms with Gasteiger partial charge in [0.2, 0.25) is 0 Å². The molecule has 1 aliphatic heterocycles. The van der Waals surface area contributed by atoms with Crippen molar-refractivity contribution in [3.8, 4) is 0 Å². The number of esters is 1. The quantitative estimate of drug-likeness (QED) is 0.663. The van der Waals surface area contributed by atoms with E-state index in [0.717, 1.165) is 18.6 Å². The van der Waals surface area contributed by atoms with Crippen molar-refractivity contribution in [1.29, 1.82) is 0 Å². The fourth-order valence-corrected chi connectivity index (χ4v) is 4.26. The summed E-state index contributed by atoms with van der Waals surface area (Å²) in [7, 11) is 3.54. The molecule has 1 heterocycles. The van der Waals surface area contributed by atoms with Crippen LogP contribution in [0.5, 0.6) is 0 Å². The minimum absolute atomic E-state index is 0.0118. The number of hydrogen-bond acceptors (Lipinski definition) is 5. The summed E-state index contributed by atoms with van der Waals surface area (Å²) in [5.74, 6) is 0.565. The third kappa shape index (κ3) is 5.21. The lowest BCUT2D eigenvalue weighted by Crippen LogP contribution is -2.59. The molecule has 23 heavy (non-hydrogen) atoms. The molecule has 0 spiro atoms. The van der Waals surface area contributed by atoms with Crippen LogP contribution in [0.25, 0.3) is 0 Å². The van der Waals surface area contributed by atoms with Crippen LogP contribution in [0.4, 0.5) is 0 Å². The molecule has 134 valence electrons. The number of carbonyl (C=O) groups excluding carboxylic acids is 2. The first-order valence-corrected chi connectivity index (χ1v) is 9.78. The number of likely N-dealkylation sites (tertiary alicyclic amines) is 1. The van der Waals surface area contributed by atoms with Crippen molar-refractivity contribution in [1.82, 2.24) is 4.90 Å². The summed E-state index contributed by atoms with van der Waals surface area (Å²) in [5, 5.41) is 0. The maximum absolute atomic E-state index is 12.8. The number of ether oxygens (including phenoxy) is 1. The Bertz CT molecular complexity index is 416. The summed E-state index contributed by atoms with van der Waals surface area (Å²) in [4.78, 5) is 27.2. The van der Waals surface area contributed by atoms with Gasteiger partial charge in [0.05, 0.1) is 13.0 Å². The molecule has 0 radical (unpaired) electrons. The van der Waals surface area contributed by atoms with Crippen molar-refractivity contribution in [3.63, 3.8) is 0 Å². The molecule has 5 heteroatoms. The van der Waals surface area contributed by atoms with Crippen LogP contribution in [0.2, 0.25) is 0 Å². The Labute approximate surface area is 145 Å². The number of carbonyl (C=O) groups is 2. The molecule has 0 aromatic rings. The topological polar surface area (TPSA) is 46.6 Å². The third-order valence-corrected chi connectivity index (χ3v) is 6.06. The van der Waals surface area contributed by atoms with Crippen LogP contribution in [-0.4, -0.2) is 53.9 Å². The number of Topliss-reactive ketones (excluding diaryl/α,β-unsaturated/α-hetero) is 1. The molecule has 0 amide bonds. The highest BCUT2D eigenvalue weighted by atomic mass is 32.2. The van der Waals surface area contributed by atoms with E-state index in [-0.39, 0.29) is 34.7 Å². The first-order valence-electron chi connectivity index (χ1n) is 8.38. The monoisotopic (exact) mass is 343 g/mol. The molecular weight excluding hydrogens is 310 g/mol. The zero-order chi connectivity index (χ0) is 17.8. The number of thioether (sulfide) groups is 1. The van der Waals surface area contributed by atoms with E-state index in [1.807, 2.05) is 6.26 Å². The molecule has 1 fully saturated rings. The minimum atomic E-state index is -0.300. The van der Waals surface area contributed by atoms with Gasteiger partial charge in [-0.25, -0.2) is 0 Å². The van der Waals surface area contributed by atoms with Crippen LogP contribution < -0.4 is 0 Å². The fourth-order valence-electron chi connectivity index (χ4n) is 3.74. The first-order chi connectivity index (χ1) is 10.5. The molecule has 1 aliphatic rings. The van der Waals surface area contributed by atoms with Gasteiger partial charge >= 0.3 is 5.97 Å². The number of methoxy groups -OCH3 is 1. The van der Waals surface area contributed by atoms with Gasteiger partial charge in [-0.15, -0.1) is 0 Å². The standard InChI is InChI=1S/C18H33NO3S/c1-17(2)11-14(12-18(3,4)19(17)5)15(20)10-13(8-9-23-7)16(21)22-6/h13-14H,8-12H2,1-7H3. The number of hydrogen-bond donors (Lipinski definition) is 0. The predicted octanol–water partition coefficient (Wildman–Crippen LogP) is 3.39. The van der Waals surface area contributed by atoms with Gasteiger partial charge in [0, 0.05) is 23.4 Å². The lowest BCUT2D eigenvalue weighted by molar-refractivity contribution is -0.148. The average molecular weight is 344 g/mol. The Morgan fingerprint density at radius 2 is 1.74 bits per heavy atom. The summed E-state index contributed by atoms with van der Waals surface area (Å²) >= 11 is 1.69. The van der Waals surface area contributed by atoms with E-state index in [2.05, 4.69) is 39.6 Å². The molecule has 0 aliphatic carbocycles. The summed E-state index contributed by atoms with van der Waals surface area (Å²) in [5.41, 5.74) is -0.0236. The van der Waals surface area contributed by atoms with E-state index < -0.39 is 0 Å². The smallest absolute Gasteiger partial charge is 0.309 e. The number of nitrogens with zero attached hydrogens (tertiary/aromatic N) is 1. The van der Waals surface area contributed by atoms with Gasteiger partial charge in [-0.1, -0.05) is 0 Å². The van der Waals surface area contributed by atoms with Crippen LogP contribution >= 0.6 is 11.8 Å². The third-order valence-electron chi connectivity index (χ3n) is 5.42. The Morgan fingerprint density at radius 3 is 2.17 bits per heavy atom. The van der Waals surface area contributed by atoms with Crippen molar-refractivity contribution in [2.75, 3.05) is 26.2 Å². The Kier molecular flexibility index (Phi) is 7.14. The van der Waals surface area contributed by atoms with Gasteiger partial charge in [0.25, 0.3) is 0 Å². The van der Waals surface area contributed by atoms with E-state index in [0.29, 0.717) is 12.8 Å². The van der Waals surface area contributed by atoms with Crippen LogP contribution in [-0.2, 0) is 14.3 Å².